The molecule has 0 saturated heterocycles. The fourth-order valence-electron chi connectivity index (χ4n) is 4.43. The van der Waals surface area contributed by atoms with Crippen LogP contribution < -0.4 is 0 Å². The molecule has 1 saturated carbocycles. The summed E-state index contributed by atoms with van der Waals surface area (Å²) in [6, 6.07) is 20.0. The van der Waals surface area contributed by atoms with Gasteiger partial charge in [0.2, 0.25) is 0 Å². The SMILES string of the molecule is CC(=O)[C@@]1(C)[C@H](c2ccccc2)CC(=O)[C@@H](C)[C@@H]1c1ccccc1. The first-order valence-corrected chi connectivity index (χ1v) is 8.60. The molecule has 2 aromatic carbocycles. The van der Waals surface area contributed by atoms with Crippen LogP contribution in [0.4, 0.5) is 0 Å². The van der Waals surface area contributed by atoms with Crippen LogP contribution in [0.25, 0.3) is 0 Å². The van der Waals surface area contributed by atoms with E-state index in [-0.39, 0.29) is 29.3 Å². The Morgan fingerprint density at radius 3 is 1.96 bits per heavy atom. The van der Waals surface area contributed by atoms with Gasteiger partial charge in [0.15, 0.2) is 0 Å². The van der Waals surface area contributed by atoms with Crippen LogP contribution in [0.3, 0.4) is 0 Å². The largest absolute Gasteiger partial charge is 0.299 e. The zero-order valence-corrected chi connectivity index (χ0v) is 14.5. The molecule has 3 rings (SSSR count). The summed E-state index contributed by atoms with van der Waals surface area (Å²) in [7, 11) is 0. The fraction of sp³-hybridized carbons (Fsp3) is 0.364. The molecule has 2 aromatic rings. The standard InChI is InChI=1S/C22H24O2/c1-15-20(24)14-19(17-10-6-4-7-11-17)22(3,16(2)23)21(15)18-12-8-5-9-13-18/h4-13,15,19,21H,14H2,1-3H3/t15-,19+,21-,22+/m1/s1. The van der Waals surface area contributed by atoms with Crippen molar-refractivity contribution < 1.29 is 9.59 Å². The number of hydrogen-bond acceptors (Lipinski definition) is 2. The Morgan fingerprint density at radius 2 is 1.46 bits per heavy atom. The summed E-state index contributed by atoms with van der Waals surface area (Å²) in [6.45, 7) is 5.70. The third-order valence-corrected chi connectivity index (χ3v) is 5.90. The van der Waals surface area contributed by atoms with Crippen LogP contribution in [-0.2, 0) is 9.59 Å². The first-order valence-electron chi connectivity index (χ1n) is 8.60. The van der Waals surface area contributed by atoms with Crippen molar-refractivity contribution in [2.75, 3.05) is 0 Å². The van der Waals surface area contributed by atoms with Gasteiger partial charge in [0, 0.05) is 29.6 Å². The summed E-state index contributed by atoms with van der Waals surface area (Å²) >= 11 is 0. The van der Waals surface area contributed by atoms with Crippen LogP contribution in [0, 0.1) is 11.3 Å². The van der Waals surface area contributed by atoms with Gasteiger partial charge < -0.3 is 0 Å². The molecule has 0 radical (unpaired) electrons. The molecule has 1 aliphatic carbocycles. The van der Waals surface area contributed by atoms with E-state index in [0.717, 1.165) is 11.1 Å². The normalized spacial score (nSPS) is 30.1. The number of hydrogen-bond donors (Lipinski definition) is 0. The van der Waals surface area contributed by atoms with E-state index in [1.54, 1.807) is 6.92 Å². The zero-order chi connectivity index (χ0) is 17.3. The minimum Gasteiger partial charge on any atom is -0.299 e. The van der Waals surface area contributed by atoms with Crippen molar-refractivity contribution in [3.63, 3.8) is 0 Å². The highest BCUT2D eigenvalue weighted by Crippen LogP contribution is 2.56. The Balaban J connectivity index is 2.18. The van der Waals surface area contributed by atoms with E-state index in [1.807, 2.05) is 74.5 Å². The number of rotatable bonds is 3. The molecule has 0 bridgehead atoms. The molecule has 124 valence electrons. The van der Waals surface area contributed by atoms with Gasteiger partial charge in [-0.15, -0.1) is 0 Å². The lowest BCUT2D eigenvalue weighted by atomic mass is 9.52. The van der Waals surface area contributed by atoms with E-state index in [2.05, 4.69) is 0 Å². The van der Waals surface area contributed by atoms with E-state index in [4.69, 9.17) is 0 Å². The van der Waals surface area contributed by atoms with Crippen molar-refractivity contribution in [3.8, 4) is 0 Å². The number of benzene rings is 2. The number of carbonyl (C=O) groups is 2. The highest BCUT2D eigenvalue weighted by Gasteiger charge is 2.54. The molecule has 0 N–H and O–H groups in total. The van der Waals surface area contributed by atoms with Crippen LogP contribution in [0.2, 0.25) is 0 Å². The second-order valence-electron chi connectivity index (χ2n) is 7.15. The molecule has 4 atom stereocenters. The first-order chi connectivity index (χ1) is 11.5. The summed E-state index contributed by atoms with van der Waals surface area (Å²) in [5.74, 6) is 0.0787. The van der Waals surface area contributed by atoms with E-state index in [0.29, 0.717) is 6.42 Å². The minimum atomic E-state index is -0.587. The van der Waals surface area contributed by atoms with E-state index >= 15 is 0 Å². The van der Waals surface area contributed by atoms with Crippen LogP contribution in [-0.4, -0.2) is 11.6 Å². The summed E-state index contributed by atoms with van der Waals surface area (Å²) in [4.78, 5) is 25.6. The molecule has 0 aromatic heterocycles. The van der Waals surface area contributed by atoms with Crippen molar-refractivity contribution in [1.29, 1.82) is 0 Å². The molecule has 24 heavy (non-hydrogen) atoms. The van der Waals surface area contributed by atoms with E-state index in [9.17, 15) is 9.59 Å². The number of Topliss-reactive ketones (excluding diaryl/α,β-unsaturated/α-hetero) is 2. The van der Waals surface area contributed by atoms with Crippen LogP contribution in [0.1, 0.15) is 50.2 Å². The van der Waals surface area contributed by atoms with Crippen LogP contribution in [0.5, 0.6) is 0 Å². The molecule has 1 aliphatic rings. The number of carbonyl (C=O) groups excluding carboxylic acids is 2. The van der Waals surface area contributed by atoms with Gasteiger partial charge in [0.1, 0.15) is 11.6 Å². The highest BCUT2D eigenvalue weighted by molar-refractivity contribution is 5.92. The maximum atomic E-state index is 12.8. The molecular formula is C22H24O2. The summed E-state index contributed by atoms with van der Waals surface area (Å²) in [6.07, 6.45) is 0.435. The monoisotopic (exact) mass is 320 g/mol. The smallest absolute Gasteiger partial charge is 0.136 e. The molecule has 0 aliphatic heterocycles. The molecule has 1 fully saturated rings. The fourth-order valence-corrected chi connectivity index (χ4v) is 4.43. The topological polar surface area (TPSA) is 34.1 Å². The Labute approximate surface area is 143 Å². The molecular weight excluding hydrogens is 296 g/mol. The average Bonchev–Trinajstić information content (AvgIpc) is 2.60. The predicted molar refractivity (Wildman–Crippen MR) is 95.9 cm³/mol. The van der Waals surface area contributed by atoms with Gasteiger partial charge in [-0.2, -0.15) is 0 Å². The van der Waals surface area contributed by atoms with E-state index in [1.165, 1.54) is 0 Å². The van der Waals surface area contributed by atoms with Gasteiger partial charge in [-0.1, -0.05) is 74.5 Å². The Kier molecular flexibility index (Phi) is 4.40. The van der Waals surface area contributed by atoms with Crippen LogP contribution >= 0.6 is 0 Å². The van der Waals surface area contributed by atoms with Crippen molar-refractivity contribution in [2.45, 2.75) is 39.0 Å². The van der Waals surface area contributed by atoms with Gasteiger partial charge in [0.25, 0.3) is 0 Å². The average molecular weight is 320 g/mol. The Morgan fingerprint density at radius 1 is 0.958 bits per heavy atom. The molecule has 2 heteroatoms. The van der Waals surface area contributed by atoms with Gasteiger partial charge in [-0.25, -0.2) is 0 Å². The second-order valence-corrected chi connectivity index (χ2v) is 7.15. The quantitative estimate of drug-likeness (QED) is 0.817. The molecule has 0 heterocycles. The summed E-state index contributed by atoms with van der Waals surface area (Å²) in [5, 5.41) is 0. The maximum Gasteiger partial charge on any atom is 0.136 e. The second kappa shape index (κ2) is 6.35. The Hall–Kier alpha value is -2.22. The first kappa shape index (κ1) is 16.6. The molecule has 0 spiro atoms. The van der Waals surface area contributed by atoms with Gasteiger partial charge in [0.05, 0.1) is 0 Å². The van der Waals surface area contributed by atoms with Gasteiger partial charge in [-0.3, -0.25) is 9.59 Å². The predicted octanol–water partition coefficient (Wildman–Crippen LogP) is 4.76. The lowest BCUT2D eigenvalue weighted by molar-refractivity contribution is -0.138. The zero-order valence-electron chi connectivity index (χ0n) is 14.5. The van der Waals surface area contributed by atoms with E-state index < -0.39 is 5.41 Å². The molecule has 0 amide bonds. The molecule has 2 nitrogen and oxygen atoms in total. The van der Waals surface area contributed by atoms with Crippen LogP contribution in [0.15, 0.2) is 60.7 Å². The van der Waals surface area contributed by atoms with Crippen molar-refractivity contribution in [3.05, 3.63) is 71.8 Å². The maximum absolute atomic E-state index is 12.8. The van der Waals surface area contributed by atoms with Gasteiger partial charge >= 0.3 is 0 Å². The Bertz CT molecular complexity index is 735. The van der Waals surface area contributed by atoms with Crippen molar-refractivity contribution >= 4 is 11.6 Å². The summed E-state index contributed by atoms with van der Waals surface area (Å²) in [5.41, 5.74) is 1.57. The van der Waals surface area contributed by atoms with Crippen molar-refractivity contribution in [1.82, 2.24) is 0 Å². The third kappa shape index (κ3) is 2.60. The lowest BCUT2D eigenvalue weighted by Crippen LogP contribution is -2.48. The van der Waals surface area contributed by atoms with Crippen molar-refractivity contribution in [2.24, 2.45) is 11.3 Å². The number of ketones is 2. The molecule has 0 unspecified atom stereocenters. The lowest BCUT2D eigenvalue weighted by Gasteiger charge is -2.48. The highest BCUT2D eigenvalue weighted by atomic mass is 16.1. The minimum absolute atomic E-state index is 0.0786. The van der Waals surface area contributed by atoms with Gasteiger partial charge in [-0.05, 0) is 18.1 Å². The summed E-state index contributed by atoms with van der Waals surface area (Å²) < 4.78 is 0. The third-order valence-electron chi connectivity index (χ3n) is 5.90.